The highest BCUT2D eigenvalue weighted by Gasteiger charge is 2.05. The predicted octanol–water partition coefficient (Wildman–Crippen LogP) is -0.856. The van der Waals surface area contributed by atoms with Crippen LogP contribution in [0.2, 0.25) is 0 Å². The smallest absolute Gasteiger partial charge is 0.208 e. The van der Waals surface area contributed by atoms with Crippen LogP contribution in [0, 0.1) is 0 Å². The lowest BCUT2D eigenvalue weighted by molar-refractivity contribution is 0.556. The molecule has 1 atom stereocenters. The summed E-state index contributed by atoms with van der Waals surface area (Å²) in [7, 11) is -1.26. The third-order valence-corrected chi connectivity index (χ3v) is 1.76. The lowest BCUT2D eigenvalue weighted by Gasteiger charge is -2.10. The van der Waals surface area contributed by atoms with Crippen LogP contribution in [0.3, 0.4) is 0 Å². The molecule has 4 nitrogen and oxygen atoms in total. The molecule has 0 saturated carbocycles. The molecule has 0 radical (unpaired) electrons. The molecule has 0 fully saturated rings. The maximum absolute atomic E-state index is 10.6. The van der Waals surface area contributed by atoms with Crippen molar-refractivity contribution in [3.05, 3.63) is 0 Å². The Hall–Kier alpha value is -0.130. The first-order valence-corrected chi connectivity index (χ1v) is 4.96. The Bertz CT molecular complexity index is 176. The van der Waals surface area contributed by atoms with Crippen molar-refractivity contribution in [2.75, 3.05) is 19.8 Å². The molecule has 0 amide bonds. The van der Waals surface area contributed by atoms with Crippen LogP contribution in [0.4, 0.5) is 0 Å². The van der Waals surface area contributed by atoms with Crippen LogP contribution in [0.25, 0.3) is 0 Å². The van der Waals surface area contributed by atoms with E-state index in [0.29, 0.717) is 6.54 Å². The number of sulfonamides is 1. The van der Waals surface area contributed by atoms with E-state index >= 15 is 0 Å². The second-order valence-corrected chi connectivity index (χ2v) is 4.13. The molecule has 0 unspecified atom stereocenters. The topological polar surface area (TPSA) is 58.2 Å². The summed E-state index contributed by atoms with van der Waals surface area (Å²) in [5.41, 5.74) is 0. The Labute approximate surface area is 62.1 Å². The normalized spacial score (nSPS) is 15.1. The molecule has 0 aliphatic rings. The van der Waals surface area contributed by atoms with Gasteiger partial charge in [-0.2, -0.15) is 0 Å². The maximum atomic E-state index is 10.6. The van der Waals surface area contributed by atoms with Crippen molar-refractivity contribution >= 4 is 10.0 Å². The fourth-order valence-electron chi connectivity index (χ4n) is 0.713. The summed E-state index contributed by atoms with van der Waals surface area (Å²) < 4.78 is 23.6. The molecule has 0 aliphatic carbocycles. The molecule has 5 heteroatoms. The van der Waals surface area contributed by atoms with Crippen molar-refractivity contribution in [1.82, 2.24) is 10.0 Å². The van der Waals surface area contributed by atoms with Gasteiger partial charge in [-0.1, -0.05) is 0 Å². The van der Waals surface area contributed by atoms with E-state index in [1.54, 1.807) is 14.0 Å². The average Bonchev–Trinajstić information content (AvgIpc) is 1.59. The van der Waals surface area contributed by atoms with Crippen molar-refractivity contribution in [2.24, 2.45) is 0 Å². The first-order chi connectivity index (χ1) is 4.45. The number of hydrogen-bond donors (Lipinski definition) is 2. The van der Waals surface area contributed by atoms with E-state index in [9.17, 15) is 8.42 Å². The van der Waals surface area contributed by atoms with E-state index in [2.05, 4.69) is 10.0 Å². The highest BCUT2D eigenvalue weighted by molar-refractivity contribution is 7.88. The van der Waals surface area contributed by atoms with Crippen LogP contribution in [0.5, 0.6) is 0 Å². The third-order valence-electron chi connectivity index (χ3n) is 0.926. The molecule has 0 spiro atoms. The van der Waals surface area contributed by atoms with Crippen LogP contribution in [-0.4, -0.2) is 34.3 Å². The minimum Gasteiger partial charge on any atom is -0.318 e. The monoisotopic (exact) mass is 166 g/mol. The Morgan fingerprint density at radius 2 is 2.00 bits per heavy atom. The lowest BCUT2D eigenvalue weighted by atomic mass is 10.4. The van der Waals surface area contributed by atoms with Gasteiger partial charge in [0, 0.05) is 12.6 Å². The van der Waals surface area contributed by atoms with Crippen molar-refractivity contribution in [3.63, 3.8) is 0 Å². The Morgan fingerprint density at radius 1 is 1.50 bits per heavy atom. The minimum atomic E-state index is -3.04. The SMILES string of the molecule is CNC[C@@H](C)NS(C)(=O)=O. The molecule has 0 aromatic heterocycles. The minimum absolute atomic E-state index is 0.0417. The van der Waals surface area contributed by atoms with Gasteiger partial charge in [0.1, 0.15) is 0 Å². The van der Waals surface area contributed by atoms with E-state index in [-0.39, 0.29) is 6.04 Å². The number of rotatable bonds is 4. The van der Waals surface area contributed by atoms with Gasteiger partial charge in [0.05, 0.1) is 6.26 Å². The molecule has 0 bridgehead atoms. The second kappa shape index (κ2) is 3.90. The first-order valence-electron chi connectivity index (χ1n) is 3.07. The molecule has 2 N–H and O–H groups in total. The molecule has 0 rings (SSSR count). The van der Waals surface area contributed by atoms with E-state index < -0.39 is 10.0 Å². The van der Waals surface area contributed by atoms with Crippen molar-refractivity contribution < 1.29 is 8.42 Å². The number of nitrogens with one attached hydrogen (secondary N) is 2. The molecule has 0 heterocycles. The quantitative estimate of drug-likeness (QED) is 0.571. The van der Waals surface area contributed by atoms with Crippen LogP contribution in [0.15, 0.2) is 0 Å². The van der Waals surface area contributed by atoms with Gasteiger partial charge in [-0.05, 0) is 14.0 Å². The maximum Gasteiger partial charge on any atom is 0.208 e. The Balaban J connectivity index is 3.69. The number of hydrogen-bond acceptors (Lipinski definition) is 3. The zero-order valence-corrected chi connectivity index (χ0v) is 7.33. The van der Waals surface area contributed by atoms with Gasteiger partial charge in [0.25, 0.3) is 0 Å². The van der Waals surface area contributed by atoms with Gasteiger partial charge in [-0.3, -0.25) is 0 Å². The van der Waals surface area contributed by atoms with Crippen LogP contribution < -0.4 is 10.0 Å². The van der Waals surface area contributed by atoms with Crippen LogP contribution >= 0.6 is 0 Å². The predicted molar refractivity (Wildman–Crippen MR) is 41.4 cm³/mol. The summed E-state index contributed by atoms with van der Waals surface area (Å²) in [4.78, 5) is 0. The molecule has 0 aromatic rings. The van der Waals surface area contributed by atoms with Crippen molar-refractivity contribution in [1.29, 1.82) is 0 Å². The van der Waals surface area contributed by atoms with Crippen molar-refractivity contribution in [3.8, 4) is 0 Å². The molecular formula is C5H14N2O2S. The number of likely N-dealkylation sites (N-methyl/N-ethyl adjacent to an activating group) is 1. The van der Waals surface area contributed by atoms with Gasteiger partial charge in [-0.25, -0.2) is 13.1 Å². The molecule has 0 aromatic carbocycles. The molecule has 0 saturated heterocycles. The zero-order chi connectivity index (χ0) is 8.20. The Morgan fingerprint density at radius 3 is 2.30 bits per heavy atom. The summed E-state index contributed by atoms with van der Waals surface area (Å²) >= 11 is 0. The van der Waals surface area contributed by atoms with Crippen molar-refractivity contribution in [2.45, 2.75) is 13.0 Å². The van der Waals surface area contributed by atoms with Crippen LogP contribution in [-0.2, 0) is 10.0 Å². The van der Waals surface area contributed by atoms with Gasteiger partial charge >= 0.3 is 0 Å². The summed E-state index contributed by atoms with van der Waals surface area (Å²) in [6.07, 6.45) is 1.15. The third kappa shape index (κ3) is 6.00. The summed E-state index contributed by atoms with van der Waals surface area (Å²) in [5.74, 6) is 0. The second-order valence-electron chi connectivity index (χ2n) is 2.35. The lowest BCUT2D eigenvalue weighted by Crippen LogP contribution is -2.38. The average molecular weight is 166 g/mol. The summed E-state index contributed by atoms with van der Waals surface area (Å²) in [6.45, 7) is 2.45. The van der Waals surface area contributed by atoms with E-state index in [4.69, 9.17) is 0 Å². The largest absolute Gasteiger partial charge is 0.318 e. The molecular weight excluding hydrogens is 152 g/mol. The molecule has 62 valence electrons. The standard InChI is InChI=1S/C5H14N2O2S/c1-5(4-6-2)7-10(3,8)9/h5-7H,4H2,1-3H3/t5-/m1/s1. The summed E-state index contributed by atoms with van der Waals surface area (Å²) in [5, 5.41) is 2.86. The highest BCUT2D eigenvalue weighted by atomic mass is 32.2. The highest BCUT2D eigenvalue weighted by Crippen LogP contribution is 1.81. The van der Waals surface area contributed by atoms with E-state index in [1.165, 1.54) is 0 Å². The van der Waals surface area contributed by atoms with Gasteiger partial charge in [0.2, 0.25) is 10.0 Å². The summed E-state index contributed by atoms with van der Waals surface area (Å²) in [6, 6.07) is -0.0417. The van der Waals surface area contributed by atoms with E-state index in [1.807, 2.05) is 0 Å². The fourth-order valence-corrected chi connectivity index (χ4v) is 1.53. The fraction of sp³-hybridized carbons (Fsp3) is 1.00. The van der Waals surface area contributed by atoms with Crippen LogP contribution in [0.1, 0.15) is 6.92 Å². The zero-order valence-electron chi connectivity index (χ0n) is 6.51. The molecule has 10 heavy (non-hydrogen) atoms. The van der Waals surface area contributed by atoms with Gasteiger partial charge < -0.3 is 5.32 Å². The Kier molecular flexibility index (Phi) is 3.85. The van der Waals surface area contributed by atoms with E-state index in [0.717, 1.165) is 6.26 Å². The first kappa shape index (κ1) is 9.87. The van der Waals surface area contributed by atoms with Gasteiger partial charge in [0.15, 0.2) is 0 Å². The molecule has 0 aliphatic heterocycles. The van der Waals surface area contributed by atoms with Gasteiger partial charge in [-0.15, -0.1) is 0 Å².